The zero-order chi connectivity index (χ0) is 24.5. The molecular formula is C24H32N4O5S. The summed E-state index contributed by atoms with van der Waals surface area (Å²) in [6.07, 6.45) is 7.03. The van der Waals surface area contributed by atoms with Crippen LogP contribution in [-0.4, -0.2) is 77.5 Å². The summed E-state index contributed by atoms with van der Waals surface area (Å²) in [7, 11) is -2.16. The van der Waals surface area contributed by atoms with Gasteiger partial charge in [-0.2, -0.15) is 4.31 Å². The first-order chi connectivity index (χ1) is 16.2. The number of carbonyl (C=O) groups is 1. The van der Waals surface area contributed by atoms with Gasteiger partial charge in [0.25, 0.3) is 0 Å². The Morgan fingerprint density at radius 3 is 2.62 bits per heavy atom. The molecule has 0 spiro atoms. The number of carbonyl (C=O) groups excluding carboxylic acids is 1. The molecule has 9 nitrogen and oxygen atoms in total. The van der Waals surface area contributed by atoms with Crippen LogP contribution in [0.5, 0.6) is 5.75 Å². The third kappa shape index (κ3) is 5.24. The van der Waals surface area contributed by atoms with E-state index in [0.29, 0.717) is 18.9 Å². The van der Waals surface area contributed by atoms with E-state index in [2.05, 4.69) is 9.97 Å². The number of sulfonamides is 1. The van der Waals surface area contributed by atoms with E-state index in [0.717, 1.165) is 24.0 Å². The van der Waals surface area contributed by atoms with E-state index in [-0.39, 0.29) is 35.6 Å². The fourth-order valence-corrected chi connectivity index (χ4v) is 5.99. The Morgan fingerprint density at radius 1 is 1.26 bits per heavy atom. The van der Waals surface area contributed by atoms with Crippen LogP contribution in [0.1, 0.15) is 33.1 Å². The molecule has 0 bridgehead atoms. The number of rotatable bonds is 7. The first kappa shape index (κ1) is 24.6. The number of hydrogen-bond donors (Lipinski definition) is 1. The molecule has 0 radical (unpaired) electrons. The molecule has 1 aliphatic heterocycles. The molecular weight excluding hydrogens is 456 g/mol. The van der Waals surface area contributed by atoms with Gasteiger partial charge in [-0.25, -0.2) is 18.4 Å². The first-order valence-electron chi connectivity index (χ1n) is 11.6. The van der Waals surface area contributed by atoms with Gasteiger partial charge in [0.05, 0.1) is 13.2 Å². The number of fused-ring (bicyclic) bond motifs is 1. The van der Waals surface area contributed by atoms with Crippen molar-refractivity contribution in [2.45, 2.75) is 50.2 Å². The third-order valence-corrected chi connectivity index (χ3v) is 8.62. The van der Waals surface area contributed by atoms with Gasteiger partial charge < -0.3 is 14.7 Å². The van der Waals surface area contributed by atoms with Crippen LogP contribution in [0.25, 0.3) is 11.1 Å². The number of aliphatic hydroxyl groups excluding tert-OH is 1. The van der Waals surface area contributed by atoms with Crippen LogP contribution < -0.4 is 4.74 Å². The molecule has 2 aromatic rings. The van der Waals surface area contributed by atoms with Crippen molar-refractivity contribution in [2.75, 3.05) is 26.7 Å². The topological polar surface area (TPSA) is 113 Å². The molecule has 1 fully saturated rings. The van der Waals surface area contributed by atoms with Crippen LogP contribution in [-0.2, 0) is 14.8 Å². The SMILES string of the molecule is C[C@H]1CN([C@@H](C)CO)S(=O)(=O)c2ccc(-c3cncnc3)cc2O[C@H]1CN(C)C(=O)CC1CC1. The molecule has 4 rings (SSSR count). The second-order valence-electron chi connectivity index (χ2n) is 9.45. The minimum atomic E-state index is -3.93. The van der Waals surface area contributed by atoms with E-state index in [1.165, 1.54) is 16.7 Å². The smallest absolute Gasteiger partial charge is 0.247 e. The van der Waals surface area contributed by atoms with E-state index in [4.69, 9.17) is 4.74 Å². The Kier molecular flexibility index (Phi) is 7.20. The Hall–Kier alpha value is -2.56. The number of likely N-dealkylation sites (N-methyl/N-ethyl adjacent to an activating group) is 1. The van der Waals surface area contributed by atoms with Gasteiger partial charge in [-0.1, -0.05) is 13.0 Å². The summed E-state index contributed by atoms with van der Waals surface area (Å²) >= 11 is 0. The van der Waals surface area contributed by atoms with Gasteiger partial charge in [0, 0.05) is 49.9 Å². The number of nitrogens with zero attached hydrogens (tertiary/aromatic N) is 4. The Bertz CT molecular complexity index is 1120. The maximum absolute atomic E-state index is 13.6. The summed E-state index contributed by atoms with van der Waals surface area (Å²) in [4.78, 5) is 22.5. The van der Waals surface area contributed by atoms with E-state index in [1.807, 2.05) is 6.92 Å². The van der Waals surface area contributed by atoms with Crippen molar-refractivity contribution >= 4 is 15.9 Å². The Balaban J connectivity index is 1.72. The largest absolute Gasteiger partial charge is 0.487 e. The summed E-state index contributed by atoms with van der Waals surface area (Å²) in [5.41, 5.74) is 1.46. The molecule has 1 amide bonds. The number of amides is 1. The highest BCUT2D eigenvalue weighted by molar-refractivity contribution is 7.89. The summed E-state index contributed by atoms with van der Waals surface area (Å²) < 4.78 is 34.8. The highest BCUT2D eigenvalue weighted by atomic mass is 32.2. The molecule has 1 aromatic carbocycles. The third-order valence-electron chi connectivity index (χ3n) is 6.60. The lowest BCUT2D eigenvalue weighted by Gasteiger charge is -2.37. The zero-order valence-corrected chi connectivity index (χ0v) is 20.6. The molecule has 1 aliphatic carbocycles. The van der Waals surface area contributed by atoms with E-state index >= 15 is 0 Å². The predicted molar refractivity (Wildman–Crippen MR) is 126 cm³/mol. The summed E-state index contributed by atoms with van der Waals surface area (Å²) in [6, 6.07) is 4.31. The zero-order valence-electron chi connectivity index (χ0n) is 19.8. The van der Waals surface area contributed by atoms with E-state index in [1.54, 1.807) is 43.4 Å². The molecule has 0 unspecified atom stereocenters. The maximum atomic E-state index is 13.6. The minimum Gasteiger partial charge on any atom is -0.487 e. The van der Waals surface area contributed by atoms with E-state index in [9.17, 15) is 18.3 Å². The molecule has 2 aliphatic rings. The van der Waals surface area contributed by atoms with Crippen molar-refractivity contribution in [1.82, 2.24) is 19.2 Å². The highest BCUT2D eigenvalue weighted by Crippen LogP contribution is 2.37. The molecule has 0 saturated heterocycles. The van der Waals surface area contributed by atoms with Crippen molar-refractivity contribution < 1.29 is 23.1 Å². The molecule has 2 heterocycles. The predicted octanol–water partition coefficient (Wildman–Crippen LogP) is 2.17. The number of ether oxygens (including phenoxy) is 1. The molecule has 3 atom stereocenters. The maximum Gasteiger partial charge on any atom is 0.247 e. The minimum absolute atomic E-state index is 0.0391. The van der Waals surface area contributed by atoms with Crippen LogP contribution in [0, 0.1) is 11.8 Å². The average molecular weight is 489 g/mol. The molecule has 1 N–H and O–H groups in total. The Labute approximate surface area is 200 Å². The van der Waals surface area contributed by atoms with Gasteiger partial charge in [0.1, 0.15) is 23.1 Å². The first-order valence-corrected chi connectivity index (χ1v) is 13.1. The van der Waals surface area contributed by atoms with Crippen LogP contribution in [0.4, 0.5) is 0 Å². The summed E-state index contributed by atoms with van der Waals surface area (Å²) in [5, 5.41) is 9.78. The van der Waals surface area contributed by atoms with Gasteiger partial charge >= 0.3 is 0 Å². The summed E-state index contributed by atoms with van der Waals surface area (Å²) in [5.74, 6) is 0.546. The monoisotopic (exact) mass is 488 g/mol. The van der Waals surface area contributed by atoms with Crippen LogP contribution in [0.15, 0.2) is 41.8 Å². The Morgan fingerprint density at radius 2 is 1.97 bits per heavy atom. The average Bonchev–Trinajstić information content (AvgIpc) is 3.65. The lowest BCUT2D eigenvalue weighted by Crippen LogP contribution is -2.50. The number of aliphatic hydroxyl groups is 1. The molecule has 10 heteroatoms. The quantitative estimate of drug-likeness (QED) is 0.635. The molecule has 34 heavy (non-hydrogen) atoms. The molecule has 1 aromatic heterocycles. The van der Waals surface area contributed by atoms with Crippen molar-refractivity contribution in [3.63, 3.8) is 0 Å². The van der Waals surface area contributed by atoms with Gasteiger partial charge in [0.15, 0.2) is 0 Å². The summed E-state index contributed by atoms with van der Waals surface area (Å²) in [6.45, 7) is 3.81. The van der Waals surface area contributed by atoms with Crippen molar-refractivity contribution in [1.29, 1.82) is 0 Å². The van der Waals surface area contributed by atoms with Gasteiger partial charge in [-0.15, -0.1) is 0 Å². The number of benzene rings is 1. The second kappa shape index (κ2) is 9.97. The second-order valence-corrected chi connectivity index (χ2v) is 11.3. The van der Waals surface area contributed by atoms with Gasteiger partial charge in [-0.3, -0.25) is 4.79 Å². The van der Waals surface area contributed by atoms with Crippen molar-refractivity contribution in [3.8, 4) is 16.9 Å². The fraction of sp³-hybridized carbons (Fsp3) is 0.542. The van der Waals surface area contributed by atoms with Gasteiger partial charge in [-0.05, 0) is 43.4 Å². The van der Waals surface area contributed by atoms with Crippen molar-refractivity contribution in [2.24, 2.45) is 11.8 Å². The number of hydrogen-bond acceptors (Lipinski definition) is 7. The van der Waals surface area contributed by atoms with Gasteiger partial charge in [0.2, 0.25) is 15.9 Å². The molecule has 184 valence electrons. The van der Waals surface area contributed by atoms with Crippen molar-refractivity contribution in [3.05, 3.63) is 36.9 Å². The van der Waals surface area contributed by atoms with Crippen LogP contribution >= 0.6 is 0 Å². The lowest BCUT2D eigenvalue weighted by molar-refractivity contribution is -0.131. The van der Waals surface area contributed by atoms with Crippen LogP contribution in [0.2, 0.25) is 0 Å². The normalized spacial score (nSPS) is 23.2. The lowest BCUT2D eigenvalue weighted by atomic mass is 10.0. The standard InChI is InChI=1S/C24H32N4O5S/c1-16-12-28(17(2)14-29)34(31,32)23-7-6-19(20-10-25-15-26-11-20)9-21(23)33-22(16)13-27(3)24(30)8-18-4-5-18/h6-7,9-11,15-18,22,29H,4-5,8,12-14H2,1-3H3/t16-,17-,22-/m0/s1. The van der Waals surface area contributed by atoms with Crippen LogP contribution in [0.3, 0.4) is 0 Å². The van der Waals surface area contributed by atoms with E-state index < -0.39 is 22.2 Å². The molecule has 1 saturated carbocycles. The highest BCUT2D eigenvalue weighted by Gasteiger charge is 2.38. The fourth-order valence-electron chi connectivity index (χ4n) is 4.17. The number of aromatic nitrogens is 2.